The van der Waals surface area contributed by atoms with E-state index in [1.165, 1.54) is 12.3 Å². The highest BCUT2D eigenvalue weighted by atomic mass is 19.1. The Balaban J connectivity index is 2.16. The molecule has 2 rings (SSSR count). The molecule has 1 aromatic rings. The zero-order valence-corrected chi connectivity index (χ0v) is 8.90. The third kappa shape index (κ3) is 2.19. The molecule has 2 N–H and O–H groups in total. The maximum atomic E-state index is 13.4. The van der Waals surface area contributed by atoms with Gasteiger partial charge in [-0.2, -0.15) is 0 Å². The molecule has 0 bridgehead atoms. The minimum atomic E-state index is -0.577. The van der Waals surface area contributed by atoms with Gasteiger partial charge in [0.1, 0.15) is 0 Å². The van der Waals surface area contributed by atoms with Crippen LogP contribution in [0.2, 0.25) is 0 Å². The molecule has 0 aromatic carbocycles. The van der Waals surface area contributed by atoms with Gasteiger partial charge in [-0.25, -0.2) is 4.39 Å². The van der Waals surface area contributed by atoms with Crippen LogP contribution in [0.4, 0.5) is 4.39 Å². The van der Waals surface area contributed by atoms with Crippen LogP contribution in [-0.2, 0) is 0 Å². The fourth-order valence-electron chi connectivity index (χ4n) is 1.91. The molecule has 0 spiro atoms. The summed E-state index contributed by atoms with van der Waals surface area (Å²) >= 11 is 0. The number of aromatic nitrogens is 1. The second-order valence-electron chi connectivity index (χ2n) is 4.01. The molecule has 16 heavy (non-hydrogen) atoms. The second-order valence-corrected chi connectivity index (χ2v) is 4.01. The summed E-state index contributed by atoms with van der Waals surface area (Å²) in [4.78, 5) is 17.2. The van der Waals surface area contributed by atoms with E-state index in [-0.39, 0.29) is 17.5 Å². The Labute approximate surface area is 93.3 Å². The standard InChI is InChI=1S/C11H14FN3O/c12-10-6-14-4-3-9(10)11(16)15-5-1-2-8(13)7-15/h3-4,6,8H,1-2,5,7,13H2. The van der Waals surface area contributed by atoms with Gasteiger partial charge in [0.2, 0.25) is 0 Å². The summed E-state index contributed by atoms with van der Waals surface area (Å²) < 4.78 is 13.4. The van der Waals surface area contributed by atoms with Gasteiger partial charge in [0.05, 0.1) is 11.8 Å². The zero-order chi connectivity index (χ0) is 11.5. The number of pyridine rings is 1. The first-order valence-electron chi connectivity index (χ1n) is 5.33. The number of carbonyl (C=O) groups is 1. The van der Waals surface area contributed by atoms with Crippen LogP contribution >= 0.6 is 0 Å². The lowest BCUT2D eigenvalue weighted by atomic mass is 10.1. The van der Waals surface area contributed by atoms with Crippen molar-refractivity contribution in [3.05, 3.63) is 29.8 Å². The molecular formula is C11H14FN3O. The van der Waals surface area contributed by atoms with Crippen molar-refractivity contribution < 1.29 is 9.18 Å². The van der Waals surface area contributed by atoms with E-state index in [1.807, 2.05) is 0 Å². The smallest absolute Gasteiger partial charge is 0.256 e. The Kier molecular flexibility index (Phi) is 3.14. The SMILES string of the molecule is NC1CCCN(C(=O)c2ccncc2F)C1. The summed E-state index contributed by atoms with van der Waals surface area (Å²) in [6.45, 7) is 1.15. The van der Waals surface area contributed by atoms with Gasteiger partial charge in [0.25, 0.3) is 5.91 Å². The summed E-state index contributed by atoms with van der Waals surface area (Å²) in [6.07, 6.45) is 4.26. The summed E-state index contributed by atoms with van der Waals surface area (Å²) in [6, 6.07) is 1.40. The van der Waals surface area contributed by atoms with Crippen molar-refractivity contribution in [1.29, 1.82) is 0 Å². The fourth-order valence-corrected chi connectivity index (χ4v) is 1.91. The summed E-state index contributed by atoms with van der Waals surface area (Å²) in [7, 11) is 0. The van der Waals surface area contributed by atoms with Gasteiger partial charge < -0.3 is 10.6 Å². The minimum absolute atomic E-state index is 0.00241. The van der Waals surface area contributed by atoms with Gasteiger partial charge in [0, 0.05) is 25.3 Å². The van der Waals surface area contributed by atoms with E-state index in [1.54, 1.807) is 4.90 Å². The Bertz CT molecular complexity index is 397. The fraction of sp³-hybridized carbons (Fsp3) is 0.455. The Morgan fingerprint density at radius 3 is 3.12 bits per heavy atom. The first-order chi connectivity index (χ1) is 7.68. The number of hydrogen-bond acceptors (Lipinski definition) is 3. The first kappa shape index (κ1) is 11.0. The number of amides is 1. The molecule has 0 saturated carbocycles. The molecule has 5 heteroatoms. The molecule has 1 aliphatic rings. The molecule has 86 valence electrons. The van der Waals surface area contributed by atoms with Gasteiger partial charge in [-0.3, -0.25) is 9.78 Å². The number of nitrogens with zero attached hydrogens (tertiary/aromatic N) is 2. The van der Waals surface area contributed by atoms with Crippen LogP contribution in [-0.4, -0.2) is 34.9 Å². The molecule has 1 aromatic heterocycles. The van der Waals surface area contributed by atoms with Crippen LogP contribution in [0.1, 0.15) is 23.2 Å². The number of rotatable bonds is 1. The molecule has 1 amide bonds. The van der Waals surface area contributed by atoms with Crippen LogP contribution < -0.4 is 5.73 Å². The maximum Gasteiger partial charge on any atom is 0.256 e. The maximum absolute atomic E-state index is 13.4. The van der Waals surface area contributed by atoms with E-state index in [9.17, 15) is 9.18 Å². The minimum Gasteiger partial charge on any atom is -0.337 e. The molecule has 1 atom stereocenters. The molecule has 4 nitrogen and oxygen atoms in total. The Hall–Kier alpha value is -1.49. The number of carbonyl (C=O) groups excluding carboxylic acids is 1. The summed E-state index contributed by atoms with van der Waals surface area (Å²) in [5.41, 5.74) is 5.85. The van der Waals surface area contributed by atoms with Crippen molar-refractivity contribution >= 4 is 5.91 Å². The van der Waals surface area contributed by atoms with Crippen LogP contribution in [0, 0.1) is 5.82 Å². The van der Waals surface area contributed by atoms with Crippen LogP contribution in [0.15, 0.2) is 18.5 Å². The van der Waals surface area contributed by atoms with Crippen LogP contribution in [0.25, 0.3) is 0 Å². The van der Waals surface area contributed by atoms with E-state index < -0.39 is 5.82 Å². The average Bonchev–Trinajstić information content (AvgIpc) is 2.29. The van der Waals surface area contributed by atoms with Gasteiger partial charge >= 0.3 is 0 Å². The third-order valence-electron chi connectivity index (χ3n) is 2.75. The van der Waals surface area contributed by atoms with Crippen molar-refractivity contribution in [3.8, 4) is 0 Å². The molecule has 1 fully saturated rings. The number of piperidine rings is 1. The van der Waals surface area contributed by atoms with Gasteiger partial charge in [0.15, 0.2) is 5.82 Å². The molecule has 1 saturated heterocycles. The highest BCUT2D eigenvalue weighted by Gasteiger charge is 2.23. The number of hydrogen-bond donors (Lipinski definition) is 1. The van der Waals surface area contributed by atoms with Crippen molar-refractivity contribution in [3.63, 3.8) is 0 Å². The van der Waals surface area contributed by atoms with Crippen LogP contribution in [0.3, 0.4) is 0 Å². The van der Waals surface area contributed by atoms with E-state index >= 15 is 0 Å². The van der Waals surface area contributed by atoms with Crippen molar-refractivity contribution in [2.45, 2.75) is 18.9 Å². The van der Waals surface area contributed by atoms with E-state index in [2.05, 4.69) is 4.98 Å². The highest BCUT2D eigenvalue weighted by Crippen LogP contribution is 2.14. The summed E-state index contributed by atoms with van der Waals surface area (Å²) in [5, 5.41) is 0. The lowest BCUT2D eigenvalue weighted by Gasteiger charge is -2.30. The van der Waals surface area contributed by atoms with Gasteiger partial charge in [-0.05, 0) is 18.9 Å². The van der Waals surface area contributed by atoms with Crippen molar-refractivity contribution in [2.75, 3.05) is 13.1 Å². The molecular weight excluding hydrogens is 209 g/mol. The van der Waals surface area contributed by atoms with E-state index in [0.29, 0.717) is 13.1 Å². The predicted octanol–water partition coefficient (Wildman–Crippen LogP) is 0.784. The average molecular weight is 223 g/mol. The lowest BCUT2D eigenvalue weighted by Crippen LogP contribution is -2.45. The quantitative estimate of drug-likeness (QED) is 0.765. The predicted molar refractivity (Wildman–Crippen MR) is 57.3 cm³/mol. The molecule has 0 aliphatic carbocycles. The number of halogens is 1. The van der Waals surface area contributed by atoms with Gasteiger partial charge in [-0.15, -0.1) is 0 Å². The number of likely N-dealkylation sites (tertiary alicyclic amines) is 1. The largest absolute Gasteiger partial charge is 0.337 e. The highest BCUT2D eigenvalue weighted by molar-refractivity contribution is 5.94. The topological polar surface area (TPSA) is 59.2 Å². The Morgan fingerprint density at radius 2 is 2.44 bits per heavy atom. The van der Waals surface area contributed by atoms with Gasteiger partial charge in [-0.1, -0.05) is 0 Å². The van der Waals surface area contributed by atoms with Crippen LogP contribution in [0.5, 0.6) is 0 Å². The van der Waals surface area contributed by atoms with Crippen molar-refractivity contribution in [1.82, 2.24) is 9.88 Å². The summed E-state index contributed by atoms with van der Waals surface area (Å²) in [5.74, 6) is -0.873. The molecule has 1 unspecified atom stereocenters. The van der Waals surface area contributed by atoms with Crippen molar-refractivity contribution in [2.24, 2.45) is 5.73 Å². The third-order valence-corrected chi connectivity index (χ3v) is 2.75. The normalized spacial score (nSPS) is 20.9. The monoisotopic (exact) mass is 223 g/mol. The molecule has 0 radical (unpaired) electrons. The first-order valence-corrected chi connectivity index (χ1v) is 5.33. The molecule has 2 heterocycles. The van der Waals surface area contributed by atoms with E-state index in [4.69, 9.17) is 5.73 Å². The second kappa shape index (κ2) is 4.57. The number of nitrogens with two attached hydrogens (primary N) is 1. The molecule has 1 aliphatic heterocycles. The zero-order valence-electron chi connectivity index (χ0n) is 8.90. The lowest BCUT2D eigenvalue weighted by molar-refractivity contribution is 0.0704. The Morgan fingerprint density at radius 1 is 1.62 bits per heavy atom. The van der Waals surface area contributed by atoms with E-state index in [0.717, 1.165) is 19.0 Å².